The van der Waals surface area contributed by atoms with Gasteiger partial charge < -0.3 is 10.0 Å². The van der Waals surface area contributed by atoms with Gasteiger partial charge in [-0.25, -0.2) is 4.98 Å². The number of halogens is 3. The maximum absolute atomic E-state index is 13.4. The monoisotopic (exact) mass is 473 g/mol. The zero-order chi connectivity index (χ0) is 23.9. The SMILES string of the molecule is Cc1nc(C)c(C(=O)C2=C(O)C(=O)N(Cc3cccc(C(F)(F)F)c3)C2c2cccnc2)s1. The lowest BCUT2D eigenvalue weighted by atomic mass is 9.96. The van der Waals surface area contributed by atoms with E-state index in [1.54, 1.807) is 26.0 Å². The molecule has 1 aliphatic rings. The van der Waals surface area contributed by atoms with Crippen LogP contribution in [0.15, 0.2) is 60.1 Å². The van der Waals surface area contributed by atoms with E-state index in [1.165, 1.54) is 29.4 Å². The summed E-state index contributed by atoms with van der Waals surface area (Å²) < 4.78 is 39.5. The van der Waals surface area contributed by atoms with Crippen molar-refractivity contribution in [3.05, 3.63) is 92.4 Å². The molecule has 1 aliphatic heterocycles. The van der Waals surface area contributed by atoms with Gasteiger partial charge in [-0.2, -0.15) is 13.2 Å². The van der Waals surface area contributed by atoms with E-state index in [-0.39, 0.29) is 22.6 Å². The van der Waals surface area contributed by atoms with Crippen molar-refractivity contribution in [2.45, 2.75) is 32.6 Å². The number of carbonyl (C=O) groups is 2. The molecule has 0 aliphatic carbocycles. The van der Waals surface area contributed by atoms with E-state index in [9.17, 15) is 27.9 Å². The fourth-order valence-corrected chi connectivity index (χ4v) is 4.71. The minimum absolute atomic E-state index is 0.147. The van der Waals surface area contributed by atoms with Crippen molar-refractivity contribution in [2.24, 2.45) is 0 Å². The quantitative estimate of drug-likeness (QED) is 0.530. The lowest BCUT2D eigenvalue weighted by Gasteiger charge is -2.27. The summed E-state index contributed by atoms with van der Waals surface area (Å²) in [5.41, 5.74) is 0.125. The summed E-state index contributed by atoms with van der Waals surface area (Å²) in [4.78, 5) is 36.2. The molecule has 0 radical (unpaired) electrons. The van der Waals surface area contributed by atoms with Crippen molar-refractivity contribution in [3.63, 3.8) is 0 Å². The highest BCUT2D eigenvalue weighted by molar-refractivity contribution is 7.14. The number of hydrogen-bond donors (Lipinski definition) is 1. The molecular weight excluding hydrogens is 455 g/mol. The molecule has 170 valence electrons. The van der Waals surface area contributed by atoms with Crippen molar-refractivity contribution in [1.82, 2.24) is 14.9 Å². The Morgan fingerprint density at radius 3 is 2.58 bits per heavy atom. The Labute approximate surface area is 191 Å². The molecular formula is C23H18F3N3O3S. The third-order valence-electron chi connectivity index (χ3n) is 5.27. The number of rotatable bonds is 5. The van der Waals surface area contributed by atoms with E-state index in [1.807, 2.05) is 0 Å². The van der Waals surface area contributed by atoms with Gasteiger partial charge in [-0.15, -0.1) is 11.3 Å². The third-order valence-corrected chi connectivity index (χ3v) is 6.34. The Morgan fingerprint density at radius 1 is 1.21 bits per heavy atom. The number of aromatic nitrogens is 2. The van der Waals surface area contributed by atoms with Crippen molar-refractivity contribution >= 4 is 23.0 Å². The van der Waals surface area contributed by atoms with Gasteiger partial charge in [-0.3, -0.25) is 14.6 Å². The summed E-state index contributed by atoms with van der Waals surface area (Å²) in [5, 5.41) is 11.4. The standard InChI is InChI=1S/C23H18F3N3O3S/c1-12-21(33-13(2)28-12)19(30)17-18(15-6-4-8-27-10-15)29(22(32)20(17)31)11-14-5-3-7-16(9-14)23(24,25)26/h3-10,18,31H,11H2,1-2H3. The molecule has 6 nitrogen and oxygen atoms in total. The van der Waals surface area contributed by atoms with Gasteiger partial charge in [0, 0.05) is 18.9 Å². The summed E-state index contributed by atoms with van der Waals surface area (Å²) in [6.07, 6.45) is -1.58. The van der Waals surface area contributed by atoms with E-state index in [4.69, 9.17) is 0 Å². The molecule has 1 aromatic carbocycles. The average Bonchev–Trinajstić information content (AvgIpc) is 3.24. The topological polar surface area (TPSA) is 83.4 Å². The number of hydrogen-bond acceptors (Lipinski definition) is 6. The smallest absolute Gasteiger partial charge is 0.416 e. The molecule has 10 heteroatoms. The minimum atomic E-state index is -4.54. The van der Waals surface area contributed by atoms with Gasteiger partial charge in [-0.1, -0.05) is 18.2 Å². The first kappa shape index (κ1) is 22.7. The summed E-state index contributed by atoms with van der Waals surface area (Å²) >= 11 is 1.14. The van der Waals surface area contributed by atoms with Crippen LogP contribution in [-0.4, -0.2) is 31.7 Å². The van der Waals surface area contributed by atoms with Gasteiger partial charge in [0.25, 0.3) is 5.91 Å². The number of aryl methyl sites for hydroxylation is 2. The summed E-state index contributed by atoms with van der Waals surface area (Å²) in [6, 6.07) is 6.82. The van der Waals surface area contributed by atoms with E-state index < -0.39 is 35.2 Å². The molecule has 4 rings (SSSR count). The zero-order valence-corrected chi connectivity index (χ0v) is 18.4. The normalized spacial score (nSPS) is 16.6. The van der Waals surface area contributed by atoms with Crippen molar-refractivity contribution in [2.75, 3.05) is 0 Å². The molecule has 3 aromatic rings. The molecule has 0 saturated carbocycles. The Balaban J connectivity index is 1.78. The Morgan fingerprint density at radius 2 is 1.97 bits per heavy atom. The fraction of sp³-hybridized carbons (Fsp3) is 0.217. The highest BCUT2D eigenvalue weighted by atomic mass is 32.1. The number of pyridine rings is 1. The largest absolute Gasteiger partial charge is 0.503 e. The predicted octanol–water partition coefficient (Wildman–Crippen LogP) is 4.95. The number of thiazole rings is 1. The summed E-state index contributed by atoms with van der Waals surface area (Å²) in [6.45, 7) is 3.15. The van der Waals surface area contributed by atoms with Crippen LogP contribution < -0.4 is 0 Å². The Hall–Kier alpha value is -3.53. The van der Waals surface area contributed by atoms with E-state index >= 15 is 0 Å². The van der Waals surface area contributed by atoms with E-state index in [2.05, 4.69) is 9.97 Å². The maximum atomic E-state index is 13.4. The second-order valence-corrected chi connectivity index (χ2v) is 8.76. The fourth-order valence-electron chi connectivity index (χ4n) is 3.84. The highest BCUT2D eigenvalue weighted by Gasteiger charge is 2.44. The summed E-state index contributed by atoms with van der Waals surface area (Å²) in [5.74, 6) is -2.13. The van der Waals surface area contributed by atoms with Gasteiger partial charge in [0.2, 0.25) is 5.78 Å². The van der Waals surface area contributed by atoms with Crippen molar-refractivity contribution in [3.8, 4) is 0 Å². The molecule has 0 spiro atoms. The van der Waals surface area contributed by atoms with Gasteiger partial charge in [0.1, 0.15) is 0 Å². The molecule has 0 fully saturated rings. The first-order chi connectivity index (χ1) is 15.6. The van der Waals surface area contributed by atoms with Gasteiger partial charge >= 0.3 is 6.18 Å². The summed E-state index contributed by atoms with van der Waals surface area (Å²) in [7, 11) is 0. The molecule has 33 heavy (non-hydrogen) atoms. The van der Waals surface area contributed by atoms with Gasteiger partial charge in [-0.05, 0) is 43.2 Å². The van der Waals surface area contributed by atoms with Gasteiger partial charge in [0.05, 0.1) is 32.8 Å². The number of nitrogens with zero attached hydrogens (tertiary/aromatic N) is 3. The van der Waals surface area contributed by atoms with Crippen LogP contribution in [-0.2, 0) is 17.5 Å². The number of aliphatic hydroxyl groups excluding tert-OH is 1. The van der Waals surface area contributed by atoms with Crippen LogP contribution in [0.3, 0.4) is 0 Å². The first-order valence-electron chi connectivity index (χ1n) is 9.86. The number of ketones is 1. The second-order valence-electron chi connectivity index (χ2n) is 7.56. The molecule has 3 heterocycles. The van der Waals surface area contributed by atoms with E-state index in [0.717, 1.165) is 23.5 Å². The zero-order valence-electron chi connectivity index (χ0n) is 17.6. The number of carbonyl (C=O) groups excluding carboxylic acids is 2. The number of aliphatic hydroxyl groups is 1. The van der Waals surface area contributed by atoms with Crippen molar-refractivity contribution < 1.29 is 27.9 Å². The molecule has 1 atom stereocenters. The third kappa shape index (κ3) is 4.25. The highest BCUT2D eigenvalue weighted by Crippen LogP contribution is 2.41. The van der Waals surface area contributed by atoms with Crippen LogP contribution in [0.4, 0.5) is 13.2 Å². The van der Waals surface area contributed by atoms with Crippen LogP contribution in [0.2, 0.25) is 0 Å². The van der Waals surface area contributed by atoms with Crippen LogP contribution >= 0.6 is 11.3 Å². The molecule has 0 bridgehead atoms. The van der Waals surface area contributed by atoms with Gasteiger partial charge in [0.15, 0.2) is 5.76 Å². The second kappa shape index (κ2) is 8.43. The molecule has 0 saturated heterocycles. The van der Waals surface area contributed by atoms with Crippen molar-refractivity contribution in [1.29, 1.82) is 0 Å². The number of amides is 1. The Bertz CT molecular complexity index is 1270. The molecule has 1 N–H and O–H groups in total. The number of alkyl halides is 3. The number of Topliss-reactive ketones (excluding diaryl/α,β-unsaturated/α-hetero) is 1. The van der Waals surface area contributed by atoms with E-state index in [0.29, 0.717) is 16.3 Å². The lowest BCUT2D eigenvalue weighted by Crippen LogP contribution is -2.31. The van der Waals surface area contributed by atoms with Crippen LogP contribution in [0.5, 0.6) is 0 Å². The lowest BCUT2D eigenvalue weighted by molar-refractivity contribution is -0.137. The molecule has 2 aromatic heterocycles. The predicted molar refractivity (Wildman–Crippen MR) is 115 cm³/mol. The number of benzene rings is 1. The molecule has 1 amide bonds. The first-order valence-corrected chi connectivity index (χ1v) is 10.7. The average molecular weight is 473 g/mol. The minimum Gasteiger partial charge on any atom is -0.503 e. The van der Waals surface area contributed by atoms with Crippen LogP contribution in [0, 0.1) is 13.8 Å². The van der Waals surface area contributed by atoms with Crippen LogP contribution in [0.25, 0.3) is 0 Å². The molecule has 1 unspecified atom stereocenters. The Kier molecular flexibility index (Phi) is 5.79. The maximum Gasteiger partial charge on any atom is 0.416 e. The van der Waals surface area contributed by atoms with Crippen LogP contribution in [0.1, 0.15) is 43.1 Å².